The molecule has 0 saturated carbocycles. The van der Waals surface area contributed by atoms with Crippen LogP contribution in [-0.4, -0.2) is 16.6 Å². The summed E-state index contributed by atoms with van der Waals surface area (Å²) in [6.45, 7) is 2.58. The van der Waals surface area contributed by atoms with Crippen molar-refractivity contribution in [1.82, 2.24) is 9.97 Å². The van der Waals surface area contributed by atoms with Gasteiger partial charge in [-0.05, 0) is 13.0 Å². The highest BCUT2D eigenvalue weighted by molar-refractivity contribution is 5.26. The monoisotopic (exact) mass is 165 g/mol. The summed E-state index contributed by atoms with van der Waals surface area (Å²) < 4.78 is 4.96. The van der Waals surface area contributed by atoms with Crippen LogP contribution >= 0.6 is 0 Å². The molecule has 4 heteroatoms. The Morgan fingerprint density at radius 1 is 1.50 bits per heavy atom. The maximum Gasteiger partial charge on any atom is 0.226 e. The molecule has 12 heavy (non-hydrogen) atoms. The van der Waals surface area contributed by atoms with Gasteiger partial charge in [0.05, 0.1) is 12.9 Å². The van der Waals surface area contributed by atoms with Gasteiger partial charge in [0, 0.05) is 18.6 Å². The lowest BCUT2D eigenvalue weighted by Gasteiger charge is -1.96. The van der Waals surface area contributed by atoms with Crippen molar-refractivity contribution >= 4 is 5.95 Å². The molecule has 0 spiro atoms. The fourth-order valence-electron chi connectivity index (χ4n) is 0.627. The number of rotatable bonds is 4. The van der Waals surface area contributed by atoms with E-state index in [4.69, 9.17) is 4.74 Å². The molecule has 1 aromatic heterocycles. The van der Waals surface area contributed by atoms with Gasteiger partial charge in [0.2, 0.25) is 5.95 Å². The van der Waals surface area contributed by atoms with E-state index in [0.29, 0.717) is 12.6 Å². The summed E-state index contributed by atoms with van der Waals surface area (Å²) in [5.74, 6) is 0.563. The Labute approximate surface area is 71.3 Å². The predicted octanol–water partition coefficient (Wildman–Crippen LogP) is 1.40. The van der Waals surface area contributed by atoms with Gasteiger partial charge in [-0.15, -0.1) is 0 Å². The van der Waals surface area contributed by atoms with Gasteiger partial charge in [0.25, 0.3) is 0 Å². The van der Waals surface area contributed by atoms with E-state index in [1.807, 2.05) is 6.92 Å². The maximum atomic E-state index is 4.96. The highest BCUT2D eigenvalue weighted by Gasteiger charge is 1.85. The lowest BCUT2D eigenvalue weighted by atomic mass is 10.7. The molecule has 0 aliphatic carbocycles. The molecule has 1 heterocycles. The second kappa shape index (κ2) is 5.12. The summed E-state index contributed by atoms with van der Waals surface area (Å²) in [5.41, 5.74) is 0. The van der Waals surface area contributed by atoms with E-state index in [9.17, 15) is 0 Å². The first-order chi connectivity index (χ1) is 5.93. The Bertz CT molecular complexity index is 235. The van der Waals surface area contributed by atoms with E-state index in [1.165, 1.54) is 0 Å². The lowest BCUT2D eigenvalue weighted by Crippen LogP contribution is -1.93. The Kier molecular flexibility index (Phi) is 3.63. The van der Waals surface area contributed by atoms with Crippen molar-refractivity contribution in [2.24, 2.45) is 0 Å². The minimum Gasteiger partial charge on any atom is -0.500 e. The first kappa shape index (κ1) is 8.52. The van der Waals surface area contributed by atoms with Gasteiger partial charge < -0.3 is 10.1 Å². The number of ether oxygens (including phenoxy) is 1. The van der Waals surface area contributed by atoms with Crippen molar-refractivity contribution in [3.63, 3.8) is 0 Å². The topological polar surface area (TPSA) is 47.0 Å². The van der Waals surface area contributed by atoms with Crippen LogP contribution in [0.2, 0.25) is 0 Å². The van der Waals surface area contributed by atoms with Gasteiger partial charge in [0.1, 0.15) is 0 Å². The van der Waals surface area contributed by atoms with Crippen LogP contribution in [0.25, 0.3) is 0 Å². The summed E-state index contributed by atoms with van der Waals surface area (Å²) in [6, 6.07) is 1.76. The molecule has 0 unspecified atom stereocenters. The van der Waals surface area contributed by atoms with Gasteiger partial charge in [-0.1, -0.05) is 0 Å². The number of nitrogens with zero attached hydrogens (tertiary/aromatic N) is 2. The maximum absolute atomic E-state index is 4.96. The molecule has 0 aliphatic rings. The molecular weight excluding hydrogens is 154 g/mol. The molecule has 1 N–H and O–H groups in total. The van der Waals surface area contributed by atoms with Gasteiger partial charge in [0.15, 0.2) is 0 Å². The third kappa shape index (κ3) is 3.01. The summed E-state index contributed by atoms with van der Waals surface area (Å²) >= 11 is 0. The SMILES string of the molecule is CCOC=CNc1ncccn1. The molecule has 64 valence electrons. The molecule has 0 fully saturated rings. The third-order valence-corrected chi connectivity index (χ3v) is 1.11. The zero-order valence-electron chi connectivity index (χ0n) is 6.90. The van der Waals surface area contributed by atoms with Gasteiger partial charge in [-0.25, -0.2) is 9.97 Å². The minimum atomic E-state index is 0.563. The first-order valence-electron chi connectivity index (χ1n) is 3.73. The number of hydrogen-bond donors (Lipinski definition) is 1. The third-order valence-electron chi connectivity index (χ3n) is 1.11. The molecule has 0 aromatic carbocycles. The molecule has 0 amide bonds. The second-order valence-corrected chi connectivity index (χ2v) is 1.97. The largest absolute Gasteiger partial charge is 0.500 e. The Balaban J connectivity index is 2.33. The molecule has 0 radical (unpaired) electrons. The van der Waals surface area contributed by atoms with Gasteiger partial charge in [-0.2, -0.15) is 0 Å². The summed E-state index contributed by atoms with van der Waals surface area (Å²) in [7, 11) is 0. The first-order valence-corrected chi connectivity index (χ1v) is 3.73. The van der Waals surface area contributed by atoms with E-state index in [1.54, 1.807) is 30.9 Å². The zero-order valence-corrected chi connectivity index (χ0v) is 6.90. The van der Waals surface area contributed by atoms with Gasteiger partial charge >= 0.3 is 0 Å². The molecule has 0 saturated heterocycles. The summed E-state index contributed by atoms with van der Waals surface area (Å²) in [5, 5.41) is 2.85. The van der Waals surface area contributed by atoms with E-state index in [2.05, 4.69) is 15.3 Å². The average Bonchev–Trinajstić information content (AvgIpc) is 2.14. The Hall–Kier alpha value is -1.58. The Morgan fingerprint density at radius 3 is 2.92 bits per heavy atom. The van der Waals surface area contributed by atoms with Crippen LogP contribution in [0.4, 0.5) is 5.95 Å². The minimum absolute atomic E-state index is 0.563. The Morgan fingerprint density at radius 2 is 2.25 bits per heavy atom. The van der Waals surface area contributed by atoms with Crippen LogP contribution in [0.15, 0.2) is 30.9 Å². The fraction of sp³-hybridized carbons (Fsp3) is 0.250. The molecule has 1 aromatic rings. The molecular formula is C8H11N3O. The number of anilines is 1. The quantitative estimate of drug-likeness (QED) is 0.685. The van der Waals surface area contributed by atoms with Gasteiger partial charge in [-0.3, -0.25) is 0 Å². The van der Waals surface area contributed by atoms with E-state index in [0.717, 1.165) is 0 Å². The molecule has 1 rings (SSSR count). The second-order valence-electron chi connectivity index (χ2n) is 1.97. The van der Waals surface area contributed by atoms with Crippen molar-refractivity contribution in [1.29, 1.82) is 0 Å². The highest BCUT2D eigenvalue weighted by Crippen LogP contribution is 1.92. The lowest BCUT2D eigenvalue weighted by molar-refractivity contribution is 0.269. The van der Waals surface area contributed by atoms with E-state index in [-0.39, 0.29) is 0 Å². The smallest absolute Gasteiger partial charge is 0.226 e. The van der Waals surface area contributed by atoms with Crippen LogP contribution in [0.3, 0.4) is 0 Å². The van der Waals surface area contributed by atoms with Crippen molar-refractivity contribution in [3.05, 3.63) is 30.9 Å². The zero-order chi connectivity index (χ0) is 8.65. The molecule has 4 nitrogen and oxygen atoms in total. The van der Waals surface area contributed by atoms with Crippen molar-refractivity contribution in [2.45, 2.75) is 6.92 Å². The standard InChI is InChI=1S/C8H11N3O/c1-2-12-7-6-11-8-9-4-3-5-10-8/h3-7H,2H2,1H3,(H,9,10,11). The van der Waals surface area contributed by atoms with Crippen LogP contribution in [0.5, 0.6) is 0 Å². The normalized spacial score (nSPS) is 10.1. The van der Waals surface area contributed by atoms with Crippen molar-refractivity contribution in [3.8, 4) is 0 Å². The summed E-state index contributed by atoms with van der Waals surface area (Å²) in [6.07, 6.45) is 6.56. The summed E-state index contributed by atoms with van der Waals surface area (Å²) in [4.78, 5) is 7.89. The average molecular weight is 165 g/mol. The van der Waals surface area contributed by atoms with Crippen LogP contribution in [0.1, 0.15) is 6.92 Å². The van der Waals surface area contributed by atoms with Crippen LogP contribution in [0, 0.1) is 0 Å². The predicted molar refractivity (Wildman–Crippen MR) is 46.4 cm³/mol. The number of hydrogen-bond acceptors (Lipinski definition) is 4. The molecule has 0 bridgehead atoms. The van der Waals surface area contributed by atoms with Crippen LogP contribution in [-0.2, 0) is 4.74 Å². The highest BCUT2D eigenvalue weighted by atomic mass is 16.5. The van der Waals surface area contributed by atoms with Crippen LogP contribution < -0.4 is 5.32 Å². The number of aromatic nitrogens is 2. The van der Waals surface area contributed by atoms with Crippen molar-refractivity contribution in [2.75, 3.05) is 11.9 Å². The molecule has 0 aliphatic heterocycles. The molecule has 0 atom stereocenters. The fourth-order valence-corrected chi connectivity index (χ4v) is 0.627. The van der Waals surface area contributed by atoms with Crippen molar-refractivity contribution < 1.29 is 4.74 Å². The van der Waals surface area contributed by atoms with E-state index < -0.39 is 0 Å². The van der Waals surface area contributed by atoms with E-state index >= 15 is 0 Å². The number of nitrogens with one attached hydrogen (secondary N) is 1.